The van der Waals surface area contributed by atoms with Crippen LogP contribution in [-0.4, -0.2) is 0 Å². The minimum Gasteiger partial charge on any atom is -0.456 e. The van der Waals surface area contributed by atoms with Crippen molar-refractivity contribution in [3.63, 3.8) is 0 Å². The molecule has 0 radical (unpaired) electrons. The summed E-state index contributed by atoms with van der Waals surface area (Å²) in [5, 5.41) is 4.39. The molecule has 0 N–H and O–H groups in total. The maximum atomic E-state index is 9.41. The van der Waals surface area contributed by atoms with Crippen molar-refractivity contribution < 1.29 is 28.0 Å². The van der Waals surface area contributed by atoms with Crippen LogP contribution in [0.1, 0.15) is 19.2 Å². The van der Waals surface area contributed by atoms with Crippen LogP contribution in [0.4, 0.5) is 17.1 Å². The lowest BCUT2D eigenvalue weighted by Crippen LogP contribution is -2.09. The van der Waals surface area contributed by atoms with E-state index in [2.05, 4.69) is 0 Å². The van der Waals surface area contributed by atoms with Crippen molar-refractivity contribution in [2.75, 3.05) is 4.90 Å². The Hall–Kier alpha value is -6.58. The predicted molar refractivity (Wildman–Crippen MR) is 204 cm³/mol. The average molecular weight is 642 g/mol. The molecule has 0 bridgehead atoms. The average Bonchev–Trinajstić information content (AvgIpc) is 3.86. The molecule has 0 unspecified atom stereocenters. The molecule has 230 valence electrons. The lowest BCUT2D eigenvalue weighted by atomic mass is 9.99. The molecule has 2 heterocycles. The van der Waals surface area contributed by atoms with Gasteiger partial charge in [-0.3, -0.25) is 0 Å². The Bertz CT molecular complexity index is 3570. The van der Waals surface area contributed by atoms with Gasteiger partial charge in [-0.1, -0.05) is 109 Å². The van der Waals surface area contributed by atoms with Crippen LogP contribution < -0.4 is 4.90 Å². The van der Waals surface area contributed by atoms with Crippen LogP contribution in [0.5, 0.6) is 0 Å². The van der Waals surface area contributed by atoms with Crippen molar-refractivity contribution in [3.8, 4) is 22.3 Å². The number of para-hydroxylation sites is 1. The SMILES string of the molecule is [2H]c1c([2H])c([2H])c(-c2ccc3oc4ccc5cc(N(c6ccc7c(c6)oc6ccccc67)c6c([2H])c([2H])c(-c7c([2H])c([2H])c([2H])c([2H])c7[2H])c([2H])c6[2H])ccc5c4c3c2)c([2H])c1[2H]. The quantitative estimate of drug-likeness (QED) is 0.187. The third kappa shape index (κ3) is 4.59. The van der Waals surface area contributed by atoms with E-state index >= 15 is 0 Å². The second kappa shape index (κ2) is 11.0. The Balaban J connectivity index is 1.21. The highest BCUT2D eigenvalue weighted by Crippen LogP contribution is 2.42. The second-order valence-corrected chi connectivity index (χ2v) is 11.5. The van der Waals surface area contributed by atoms with Crippen molar-refractivity contribution in [1.82, 2.24) is 0 Å². The van der Waals surface area contributed by atoms with Gasteiger partial charge < -0.3 is 13.7 Å². The molecule has 3 nitrogen and oxygen atoms in total. The zero-order chi connectivity index (χ0) is 44.5. The van der Waals surface area contributed by atoms with Gasteiger partial charge in [0.25, 0.3) is 0 Å². The van der Waals surface area contributed by atoms with Gasteiger partial charge in [0.15, 0.2) is 0 Å². The molecule has 0 spiro atoms. The molecule has 10 rings (SSSR count). The molecule has 0 atom stereocenters. The number of hydrogen-bond acceptors (Lipinski definition) is 3. The molecular formula is C46H29NO2. The first-order chi connectivity index (χ1) is 30.1. The fourth-order valence-corrected chi connectivity index (χ4v) is 6.46. The number of benzene rings is 8. The third-order valence-corrected chi connectivity index (χ3v) is 8.69. The summed E-state index contributed by atoms with van der Waals surface area (Å²) in [6, 6.07) is 19.3. The molecule has 8 aromatic carbocycles. The first-order valence-electron chi connectivity index (χ1n) is 22.4. The third-order valence-electron chi connectivity index (χ3n) is 8.69. The van der Waals surface area contributed by atoms with Gasteiger partial charge in [-0.2, -0.15) is 0 Å². The minimum absolute atomic E-state index is 0.0503. The molecule has 2 aromatic heterocycles. The highest BCUT2D eigenvalue weighted by atomic mass is 16.3. The fourth-order valence-electron chi connectivity index (χ4n) is 6.46. The predicted octanol–water partition coefficient (Wildman–Crippen LogP) is 13.4. The van der Waals surface area contributed by atoms with Crippen LogP contribution in [0.3, 0.4) is 0 Å². The summed E-state index contributed by atoms with van der Waals surface area (Å²) in [5.41, 5.74) is 2.39. The van der Waals surface area contributed by atoms with E-state index in [0.717, 1.165) is 16.2 Å². The van der Waals surface area contributed by atoms with Crippen LogP contribution in [0, 0.1) is 0 Å². The van der Waals surface area contributed by atoms with Gasteiger partial charge in [-0.15, -0.1) is 0 Å². The van der Waals surface area contributed by atoms with Crippen LogP contribution >= 0.6 is 0 Å². The van der Waals surface area contributed by atoms with Crippen molar-refractivity contribution in [2.45, 2.75) is 0 Å². The molecule has 0 aliphatic heterocycles. The van der Waals surface area contributed by atoms with Gasteiger partial charge >= 0.3 is 0 Å². The first-order valence-corrected chi connectivity index (χ1v) is 15.4. The largest absolute Gasteiger partial charge is 0.456 e. The summed E-state index contributed by atoms with van der Waals surface area (Å²) in [6.07, 6.45) is 0. The van der Waals surface area contributed by atoms with Crippen molar-refractivity contribution >= 4 is 71.7 Å². The number of furan rings is 2. The Morgan fingerprint density at radius 3 is 1.80 bits per heavy atom. The van der Waals surface area contributed by atoms with Gasteiger partial charge in [0.1, 0.15) is 22.3 Å². The standard InChI is InChI=1S/C46H29NO2/c1-3-9-30(10-4-1)32-15-19-35(20-16-32)47(37-22-24-40-39-13-7-8-14-42(39)49-45(40)29-37)36-21-23-38-34(27-36)18-26-44-46(38)41-28-33(17-25-43(41)48-44)31-11-5-2-6-12-31/h1-29H/i1D,2D,3D,4D,5D,6D,9D,10D,11D,12D,15D,16D,19D,20D. The highest BCUT2D eigenvalue weighted by Gasteiger charge is 2.18. The highest BCUT2D eigenvalue weighted by molar-refractivity contribution is 6.20. The molecule has 3 heteroatoms. The van der Waals surface area contributed by atoms with Crippen LogP contribution in [0.15, 0.2) is 184 Å². The molecule has 10 aromatic rings. The number of nitrogens with zero attached hydrogens (tertiary/aromatic N) is 1. The van der Waals surface area contributed by atoms with Gasteiger partial charge in [-0.05, 0) is 93.6 Å². The molecule has 0 aliphatic rings. The lowest BCUT2D eigenvalue weighted by Gasteiger charge is -2.26. The van der Waals surface area contributed by atoms with E-state index in [9.17, 15) is 5.48 Å². The summed E-state index contributed by atoms with van der Waals surface area (Å²) in [5.74, 6) is 0. The number of fused-ring (bicyclic) bond motifs is 8. The molecule has 49 heavy (non-hydrogen) atoms. The molecule has 0 amide bonds. The topological polar surface area (TPSA) is 29.5 Å². The van der Waals surface area contributed by atoms with Crippen LogP contribution in [0.2, 0.25) is 0 Å². The molecular weight excluding hydrogens is 599 g/mol. The zero-order valence-corrected chi connectivity index (χ0v) is 25.4. The Morgan fingerprint density at radius 2 is 1.00 bits per heavy atom. The summed E-state index contributed by atoms with van der Waals surface area (Å²) < 4.78 is 133. The van der Waals surface area contributed by atoms with Gasteiger partial charge in [0, 0.05) is 44.7 Å². The van der Waals surface area contributed by atoms with E-state index in [1.54, 1.807) is 47.4 Å². The van der Waals surface area contributed by atoms with Crippen molar-refractivity contribution in [3.05, 3.63) is 176 Å². The molecule has 0 saturated carbocycles. The van der Waals surface area contributed by atoms with Gasteiger partial charge in [-0.25, -0.2) is 0 Å². The summed E-state index contributed by atoms with van der Waals surface area (Å²) >= 11 is 0. The van der Waals surface area contributed by atoms with E-state index in [4.69, 9.17) is 22.5 Å². The number of rotatable bonds is 5. The maximum absolute atomic E-state index is 9.41. The Kier molecular flexibility index (Phi) is 3.82. The summed E-state index contributed by atoms with van der Waals surface area (Å²) in [6.45, 7) is 0. The lowest BCUT2D eigenvalue weighted by molar-refractivity contribution is 0.668. The fraction of sp³-hybridized carbons (Fsp3) is 0. The molecule has 0 aliphatic carbocycles. The van der Waals surface area contributed by atoms with E-state index in [0.29, 0.717) is 55.4 Å². The van der Waals surface area contributed by atoms with Gasteiger partial charge in [0.05, 0.1) is 19.2 Å². The van der Waals surface area contributed by atoms with Crippen molar-refractivity contribution in [2.24, 2.45) is 0 Å². The summed E-state index contributed by atoms with van der Waals surface area (Å²) in [7, 11) is 0. The molecule has 0 fully saturated rings. The summed E-state index contributed by atoms with van der Waals surface area (Å²) in [4.78, 5) is 1.56. The monoisotopic (exact) mass is 641 g/mol. The van der Waals surface area contributed by atoms with Crippen molar-refractivity contribution in [1.29, 1.82) is 0 Å². The Labute approximate surface area is 302 Å². The van der Waals surface area contributed by atoms with E-state index in [1.165, 1.54) is 0 Å². The van der Waals surface area contributed by atoms with E-state index in [1.807, 2.05) is 48.5 Å². The maximum Gasteiger partial charge on any atom is 0.137 e. The molecule has 0 saturated heterocycles. The number of hydrogen-bond donors (Lipinski definition) is 0. The second-order valence-electron chi connectivity index (χ2n) is 11.5. The number of anilines is 3. The Morgan fingerprint density at radius 1 is 0.388 bits per heavy atom. The first kappa shape index (κ1) is 17.0. The smallest absolute Gasteiger partial charge is 0.137 e. The zero-order valence-electron chi connectivity index (χ0n) is 39.4. The van der Waals surface area contributed by atoms with Crippen LogP contribution in [0.25, 0.3) is 76.9 Å². The normalized spacial score (nSPS) is 15.7. The van der Waals surface area contributed by atoms with E-state index < -0.39 is 83.6 Å². The van der Waals surface area contributed by atoms with Crippen LogP contribution in [-0.2, 0) is 0 Å². The minimum atomic E-state index is -0.673. The van der Waals surface area contributed by atoms with E-state index in [-0.39, 0.29) is 23.3 Å². The van der Waals surface area contributed by atoms with Gasteiger partial charge in [0.2, 0.25) is 0 Å².